The predicted molar refractivity (Wildman–Crippen MR) is 52.5 cm³/mol. The maximum atomic E-state index is 12.4. The summed E-state index contributed by atoms with van der Waals surface area (Å²) in [7, 11) is 0. The van der Waals surface area contributed by atoms with Crippen LogP contribution in [0.1, 0.15) is 19.8 Å². The Morgan fingerprint density at radius 3 is 0.833 bits per heavy atom. The predicted octanol–water partition coefficient (Wildman–Crippen LogP) is 4.11. The van der Waals surface area contributed by atoms with Crippen LogP contribution in [0.3, 0.4) is 0 Å². The molecule has 0 radical (unpaired) electrons. The molecule has 0 rings (SSSR count). The molecule has 0 amide bonds. The molecule has 0 aromatic heterocycles. The lowest BCUT2D eigenvalue weighted by Crippen LogP contribution is -2.60. The van der Waals surface area contributed by atoms with Crippen molar-refractivity contribution in [3.05, 3.63) is 0 Å². The molecule has 2 N–H and O–H groups in total. The molecule has 0 aliphatic carbocycles. The maximum absolute atomic E-state index is 12.4. The third-order valence-electron chi connectivity index (χ3n) is 3.16. The van der Waals surface area contributed by atoms with E-state index in [0.717, 1.165) is 0 Å². The Morgan fingerprint density at radius 2 is 0.708 bits per heavy atom. The second kappa shape index (κ2) is 6.11. The molecule has 0 aliphatic rings. The van der Waals surface area contributed by atoms with Crippen LogP contribution < -0.4 is 0 Å². The van der Waals surface area contributed by atoms with E-state index >= 15 is 0 Å². The van der Waals surface area contributed by atoms with Gasteiger partial charge in [0.05, 0.1) is 0 Å². The van der Waals surface area contributed by atoms with Crippen molar-refractivity contribution in [3.8, 4) is 0 Å². The highest BCUT2D eigenvalue weighted by atomic mass is 19.4. The Kier molecular flexibility index (Phi) is 5.87. The van der Waals surface area contributed by atoms with Crippen molar-refractivity contribution in [3.63, 3.8) is 0 Å². The molecule has 0 heterocycles. The summed E-state index contributed by atoms with van der Waals surface area (Å²) >= 11 is 0. The average Bonchev–Trinajstić information content (AvgIpc) is 2.21. The van der Waals surface area contributed by atoms with Gasteiger partial charge in [-0.3, -0.25) is 0 Å². The standard InChI is InChI=1S/C10H10F12O2/c1-4(2-5(23,7(11,12)13)8(14,15)16)3-6(24,9(17,18)19)10(20,21)22/h4,23-24H,2-3H2,1H3. The summed E-state index contributed by atoms with van der Waals surface area (Å²) in [5, 5.41) is 17.5. The molecule has 0 fully saturated rings. The Bertz CT molecular complexity index is 361. The van der Waals surface area contributed by atoms with Gasteiger partial charge in [0.1, 0.15) is 0 Å². The highest BCUT2D eigenvalue weighted by Gasteiger charge is 2.73. The third-order valence-corrected chi connectivity index (χ3v) is 3.16. The maximum Gasteiger partial charge on any atom is 0.426 e. The van der Waals surface area contributed by atoms with Gasteiger partial charge in [0.25, 0.3) is 11.2 Å². The third kappa shape index (κ3) is 4.18. The molecular weight excluding hydrogens is 380 g/mol. The summed E-state index contributed by atoms with van der Waals surface area (Å²) in [5.74, 6) is -2.66. The first-order valence-electron chi connectivity index (χ1n) is 5.82. The molecule has 0 aromatic rings. The summed E-state index contributed by atoms with van der Waals surface area (Å²) in [6, 6.07) is 0. The van der Waals surface area contributed by atoms with E-state index < -0.39 is 54.7 Å². The van der Waals surface area contributed by atoms with Crippen LogP contribution in [0.25, 0.3) is 0 Å². The van der Waals surface area contributed by atoms with Gasteiger partial charge in [-0.25, -0.2) is 0 Å². The van der Waals surface area contributed by atoms with Crippen LogP contribution in [0.2, 0.25) is 0 Å². The van der Waals surface area contributed by atoms with E-state index in [9.17, 15) is 52.7 Å². The summed E-state index contributed by atoms with van der Waals surface area (Å²) < 4.78 is 149. The summed E-state index contributed by atoms with van der Waals surface area (Å²) in [6.07, 6.45) is -30.8. The zero-order valence-corrected chi connectivity index (χ0v) is 11.4. The minimum Gasteiger partial charge on any atom is -0.374 e. The number of aliphatic hydroxyl groups is 2. The topological polar surface area (TPSA) is 40.5 Å². The molecule has 146 valence electrons. The summed E-state index contributed by atoms with van der Waals surface area (Å²) in [4.78, 5) is 0. The van der Waals surface area contributed by atoms with Crippen LogP contribution in [-0.2, 0) is 0 Å². The zero-order valence-electron chi connectivity index (χ0n) is 11.4. The number of alkyl halides is 12. The quantitative estimate of drug-likeness (QED) is 0.710. The molecular formula is C10H10F12O2. The Balaban J connectivity index is 5.69. The summed E-state index contributed by atoms with van der Waals surface area (Å²) in [6.45, 7) is 0.172. The minimum absolute atomic E-state index is 0.172. The molecule has 2 nitrogen and oxygen atoms in total. The normalized spacial score (nSPS) is 16.0. The van der Waals surface area contributed by atoms with E-state index in [0.29, 0.717) is 0 Å². The Hall–Kier alpha value is -0.920. The largest absolute Gasteiger partial charge is 0.426 e. The van der Waals surface area contributed by atoms with Crippen LogP contribution in [0.5, 0.6) is 0 Å². The van der Waals surface area contributed by atoms with Crippen molar-refractivity contribution in [1.82, 2.24) is 0 Å². The van der Waals surface area contributed by atoms with Gasteiger partial charge >= 0.3 is 24.7 Å². The van der Waals surface area contributed by atoms with Gasteiger partial charge < -0.3 is 10.2 Å². The molecule has 0 saturated carbocycles. The number of rotatable bonds is 4. The van der Waals surface area contributed by atoms with Crippen molar-refractivity contribution in [2.45, 2.75) is 55.7 Å². The second-order valence-electron chi connectivity index (χ2n) is 5.23. The Labute approximate surface area is 126 Å². The first kappa shape index (κ1) is 23.1. The van der Waals surface area contributed by atoms with Gasteiger partial charge in [-0.05, 0) is 18.8 Å². The molecule has 24 heavy (non-hydrogen) atoms. The molecule has 0 saturated heterocycles. The molecule has 0 unspecified atom stereocenters. The van der Waals surface area contributed by atoms with E-state index in [-0.39, 0.29) is 6.92 Å². The zero-order chi connectivity index (χ0) is 20.0. The molecule has 0 aliphatic heterocycles. The fourth-order valence-corrected chi connectivity index (χ4v) is 1.87. The first-order chi connectivity index (χ1) is 10.1. The molecule has 0 spiro atoms. The van der Waals surface area contributed by atoms with E-state index in [4.69, 9.17) is 10.2 Å². The van der Waals surface area contributed by atoms with Crippen LogP contribution in [0.15, 0.2) is 0 Å². The lowest BCUT2D eigenvalue weighted by atomic mass is 9.82. The molecule has 0 aromatic carbocycles. The van der Waals surface area contributed by atoms with Crippen LogP contribution in [0.4, 0.5) is 52.7 Å². The van der Waals surface area contributed by atoms with E-state index in [1.54, 1.807) is 0 Å². The lowest BCUT2D eigenvalue weighted by molar-refractivity contribution is -0.383. The Morgan fingerprint density at radius 1 is 0.542 bits per heavy atom. The highest BCUT2D eigenvalue weighted by Crippen LogP contribution is 2.51. The van der Waals surface area contributed by atoms with Gasteiger partial charge in [-0.2, -0.15) is 52.7 Å². The van der Waals surface area contributed by atoms with Gasteiger partial charge in [-0.15, -0.1) is 0 Å². The van der Waals surface area contributed by atoms with Crippen molar-refractivity contribution in [1.29, 1.82) is 0 Å². The van der Waals surface area contributed by atoms with Crippen molar-refractivity contribution < 1.29 is 62.9 Å². The van der Waals surface area contributed by atoms with Gasteiger partial charge in [0.2, 0.25) is 0 Å². The van der Waals surface area contributed by atoms with Crippen LogP contribution >= 0.6 is 0 Å². The van der Waals surface area contributed by atoms with Crippen molar-refractivity contribution >= 4 is 0 Å². The first-order valence-corrected chi connectivity index (χ1v) is 5.82. The fraction of sp³-hybridized carbons (Fsp3) is 1.00. The summed E-state index contributed by atoms with van der Waals surface area (Å²) in [5.41, 5.74) is -11.1. The molecule has 0 bridgehead atoms. The van der Waals surface area contributed by atoms with Crippen LogP contribution in [-0.4, -0.2) is 46.1 Å². The van der Waals surface area contributed by atoms with E-state index in [2.05, 4.69) is 0 Å². The number of hydrogen-bond acceptors (Lipinski definition) is 2. The van der Waals surface area contributed by atoms with Crippen molar-refractivity contribution in [2.24, 2.45) is 5.92 Å². The number of hydrogen-bond donors (Lipinski definition) is 2. The highest BCUT2D eigenvalue weighted by molar-refractivity contribution is 4.99. The molecule has 0 atom stereocenters. The van der Waals surface area contributed by atoms with Crippen LogP contribution in [0, 0.1) is 5.92 Å². The van der Waals surface area contributed by atoms with Gasteiger partial charge in [0, 0.05) is 0 Å². The number of halogens is 12. The fourth-order valence-electron chi connectivity index (χ4n) is 1.87. The SMILES string of the molecule is CC(CC(O)(C(F)(F)F)C(F)(F)F)CC(O)(C(F)(F)F)C(F)(F)F. The van der Waals surface area contributed by atoms with Gasteiger partial charge in [-0.1, -0.05) is 6.92 Å². The van der Waals surface area contributed by atoms with Gasteiger partial charge in [0.15, 0.2) is 0 Å². The minimum atomic E-state index is -6.41. The second-order valence-corrected chi connectivity index (χ2v) is 5.23. The van der Waals surface area contributed by atoms with E-state index in [1.165, 1.54) is 0 Å². The average molecular weight is 390 g/mol. The lowest BCUT2D eigenvalue weighted by Gasteiger charge is -2.38. The van der Waals surface area contributed by atoms with Crippen molar-refractivity contribution in [2.75, 3.05) is 0 Å². The van der Waals surface area contributed by atoms with E-state index in [1.807, 2.05) is 0 Å². The monoisotopic (exact) mass is 390 g/mol. The smallest absolute Gasteiger partial charge is 0.374 e. The molecule has 14 heteroatoms.